The molecule has 2 aromatic carbocycles. The highest BCUT2D eigenvalue weighted by atomic mass is 32.2. The molecule has 0 N–H and O–H groups in total. The summed E-state index contributed by atoms with van der Waals surface area (Å²) in [5.41, 5.74) is 1.45. The molecule has 6 nitrogen and oxygen atoms in total. The van der Waals surface area contributed by atoms with E-state index in [1.165, 1.54) is 4.31 Å². The zero-order valence-electron chi connectivity index (χ0n) is 15.4. The van der Waals surface area contributed by atoms with Gasteiger partial charge in [-0.05, 0) is 29.8 Å². The number of morpholine rings is 1. The maximum atomic E-state index is 12.8. The average molecular weight is 388 g/mol. The molecule has 0 atom stereocenters. The van der Waals surface area contributed by atoms with Crippen molar-refractivity contribution in [3.8, 4) is 0 Å². The van der Waals surface area contributed by atoms with Crippen molar-refractivity contribution in [2.45, 2.75) is 18.4 Å². The third kappa shape index (κ3) is 4.55. The molecule has 0 aromatic heterocycles. The van der Waals surface area contributed by atoms with Crippen LogP contribution in [0.4, 0.5) is 0 Å². The summed E-state index contributed by atoms with van der Waals surface area (Å²) in [5, 5.41) is 0. The Morgan fingerprint density at radius 1 is 1.04 bits per heavy atom. The third-order valence-corrected chi connectivity index (χ3v) is 6.53. The molecule has 0 bridgehead atoms. The molecule has 1 saturated heterocycles. The second-order valence-corrected chi connectivity index (χ2v) is 8.28. The number of amides is 1. The molecule has 0 radical (unpaired) electrons. The normalized spacial score (nSPS) is 15.1. The van der Waals surface area contributed by atoms with Crippen LogP contribution in [0.15, 0.2) is 59.5 Å². The van der Waals surface area contributed by atoms with Crippen LogP contribution in [0.3, 0.4) is 0 Å². The molecule has 1 fully saturated rings. The molecule has 0 spiro atoms. The lowest BCUT2D eigenvalue weighted by Gasteiger charge is -2.27. The summed E-state index contributed by atoms with van der Waals surface area (Å²) in [4.78, 5) is 14.6. The molecular weight excluding hydrogens is 364 g/mol. The highest BCUT2D eigenvalue weighted by Crippen LogP contribution is 2.18. The molecule has 7 heteroatoms. The lowest BCUT2D eigenvalue weighted by atomic mass is 10.1. The Morgan fingerprint density at radius 2 is 1.67 bits per heavy atom. The standard InChI is InChI=1S/C20H24N2O4S/c1-2-22(27(24,25)19-6-4-3-5-7-19)16-17-8-10-18(11-9-17)20(23)21-12-14-26-15-13-21/h3-11H,2,12-16H2,1H3. The first kappa shape index (κ1) is 19.5. The van der Waals surface area contributed by atoms with Crippen molar-refractivity contribution in [2.24, 2.45) is 0 Å². The first-order valence-electron chi connectivity index (χ1n) is 9.03. The predicted octanol–water partition coefficient (Wildman–Crippen LogP) is 2.37. The molecule has 0 unspecified atom stereocenters. The molecule has 1 amide bonds. The van der Waals surface area contributed by atoms with E-state index in [4.69, 9.17) is 4.74 Å². The summed E-state index contributed by atoms with van der Waals surface area (Å²) in [5.74, 6) is -0.0193. The Bertz CT molecular complexity index is 861. The maximum Gasteiger partial charge on any atom is 0.254 e. The summed E-state index contributed by atoms with van der Waals surface area (Å²) in [6.45, 7) is 4.76. The van der Waals surface area contributed by atoms with E-state index in [1.54, 1.807) is 47.4 Å². The SMILES string of the molecule is CCN(Cc1ccc(C(=O)N2CCOCC2)cc1)S(=O)(=O)c1ccccc1. The van der Waals surface area contributed by atoms with Gasteiger partial charge in [0.05, 0.1) is 18.1 Å². The van der Waals surface area contributed by atoms with Gasteiger partial charge in [-0.3, -0.25) is 4.79 Å². The van der Waals surface area contributed by atoms with Crippen molar-refractivity contribution in [3.05, 3.63) is 65.7 Å². The fraction of sp³-hybridized carbons (Fsp3) is 0.350. The van der Waals surface area contributed by atoms with Gasteiger partial charge in [0.25, 0.3) is 5.91 Å². The fourth-order valence-electron chi connectivity index (χ4n) is 3.01. The van der Waals surface area contributed by atoms with Crippen LogP contribution in [0.5, 0.6) is 0 Å². The Morgan fingerprint density at radius 3 is 2.26 bits per heavy atom. The van der Waals surface area contributed by atoms with Crippen LogP contribution >= 0.6 is 0 Å². The summed E-state index contributed by atoms with van der Waals surface area (Å²) in [6.07, 6.45) is 0. The topological polar surface area (TPSA) is 66.9 Å². The van der Waals surface area contributed by atoms with E-state index in [1.807, 2.05) is 19.1 Å². The summed E-state index contributed by atoms with van der Waals surface area (Å²) >= 11 is 0. The highest BCUT2D eigenvalue weighted by molar-refractivity contribution is 7.89. The van der Waals surface area contributed by atoms with Gasteiger partial charge in [-0.25, -0.2) is 8.42 Å². The van der Waals surface area contributed by atoms with Crippen molar-refractivity contribution < 1.29 is 17.9 Å². The van der Waals surface area contributed by atoms with Gasteiger partial charge in [-0.2, -0.15) is 4.31 Å². The van der Waals surface area contributed by atoms with E-state index < -0.39 is 10.0 Å². The Kier molecular flexibility index (Phi) is 6.26. The van der Waals surface area contributed by atoms with E-state index in [0.29, 0.717) is 38.4 Å². The summed E-state index contributed by atoms with van der Waals surface area (Å²) < 4.78 is 32.3. The van der Waals surface area contributed by atoms with E-state index in [0.717, 1.165) is 5.56 Å². The minimum absolute atomic E-state index is 0.0193. The highest BCUT2D eigenvalue weighted by Gasteiger charge is 2.23. The monoisotopic (exact) mass is 388 g/mol. The molecule has 0 saturated carbocycles. The van der Waals surface area contributed by atoms with Crippen LogP contribution < -0.4 is 0 Å². The van der Waals surface area contributed by atoms with E-state index in [-0.39, 0.29) is 17.3 Å². The number of carbonyl (C=O) groups is 1. The number of ether oxygens (including phenoxy) is 1. The molecule has 1 aliphatic heterocycles. The second-order valence-electron chi connectivity index (χ2n) is 6.35. The van der Waals surface area contributed by atoms with E-state index >= 15 is 0 Å². The molecule has 1 heterocycles. The first-order chi connectivity index (χ1) is 13.0. The van der Waals surface area contributed by atoms with Crippen molar-refractivity contribution >= 4 is 15.9 Å². The van der Waals surface area contributed by atoms with Crippen molar-refractivity contribution in [1.29, 1.82) is 0 Å². The fourth-order valence-corrected chi connectivity index (χ4v) is 4.47. The predicted molar refractivity (Wildman–Crippen MR) is 103 cm³/mol. The maximum absolute atomic E-state index is 12.8. The van der Waals surface area contributed by atoms with Gasteiger partial charge in [-0.15, -0.1) is 0 Å². The van der Waals surface area contributed by atoms with Gasteiger partial charge in [-0.1, -0.05) is 37.3 Å². The van der Waals surface area contributed by atoms with Gasteiger partial charge in [0.15, 0.2) is 0 Å². The molecule has 2 aromatic rings. The number of sulfonamides is 1. The van der Waals surface area contributed by atoms with Gasteiger partial charge < -0.3 is 9.64 Å². The second kappa shape index (κ2) is 8.65. The van der Waals surface area contributed by atoms with Crippen LogP contribution in [0, 0.1) is 0 Å². The number of benzene rings is 2. The number of rotatable bonds is 6. The van der Waals surface area contributed by atoms with Crippen molar-refractivity contribution in [1.82, 2.24) is 9.21 Å². The lowest BCUT2D eigenvalue weighted by Crippen LogP contribution is -2.40. The van der Waals surface area contributed by atoms with Crippen LogP contribution in [0.1, 0.15) is 22.8 Å². The number of hydrogen-bond acceptors (Lipinski definition) is 4. The molecule has 144 valence electrons. The smallest absolute Gasteiger partial charge is 0.254 e. The zero-order valence-corrected chi connectivity index (χ0v) is 16.2. The van der Waals surface area contributed by atoms with Crippen LogP contribution in [0.25, 0.3) is 0 Å². The zero-order chi connectivity index (χ0) is 19.3. The molecule has 0 aliphatic carbocycles. The van der Waals surface area contributed by atoms with E-state index in [9.17, 15) is 13.2 Å². The quantitative estimate of drug-likeness (QED) is 0.762. The van der Waals surface area contributed by atoms with Crippen LogP contribution in [-0.2, 0) is 21.3 Å². The molecule has 27 heavy (non-hydrogen) atoms. The lowest BCUT2D eigenvalue weighted by molar-refractivity contribution is 0.0303. The van der Waals surface area contributed by atoms with Gasteiger partial charge >= 0.3 is 0 Å². The van der Waals surface area contributed by atoms with Gasteiger partial charge in [0.1, 0.15) is 0 Å². The minimum Gasteiger partial charge on any atom is -0.378 e. The number of nitrogens with zero attached hydrogens (tertiary/aromatic N) is 2. The van der Waals surface area contributed by atoms with Gasteiger partial charge in [0, 0.05) is 31.7 Å². The van der Waals surface area contributed by atoms with Crippen LogP contribution in [-0.4, -0.2) is 56.4 Å². The molecule has 1 aliphatic rings. The largest absolute Gasteiger partial charge is 0.378 e. The first-order valence-corrected chi connectivity index (χ1v) is 10.5. The Balaban J connectivity index is 1.72. The summed E-state index contributed by atoms with van der Waals surface area (Å²) in [7, 11) is -3.55. The number of carbonyl (C=O) groups excluding carboxylic acids is 1. The third-order valence-electron chi connectivity index (χ3n) is 4.59. The minimum atomic E-state index is -3.55. The molecule has 3 rings (SSSR count). The average Bonchev–Trinajstić information content (AvgIpc) is 2.73. The van der Waals surface area contributed by atoms with Crippen molar-refractivity contribution in [3.63, 3.8) is 0 Å². The van der Waals surface area contributed by atoms with Crippen molar-refractivity contribution in [2.75, 3.05) is 32.8 Å². The number of hydrogen-bond donors (Lipinski definition) is 0. The van der Waals surface area contributed by atoms with E-state index in [2.05, 4.69) is 0 Å². The Labute approximate surface area is 160 Å². The molecular formula is C20H24N2O4S. The summed E-state index contributed by atoms with van der Waals surface area (Å²) in [6, 6.07) is 15.6. The van der Waals surface area contributed by atoms with Gasteiger partial charge in [0.2, 0.25) is 10.0 Å². The van der Waals surface area contributed by atoms with Crippen LogP contribution in [0.2, 0.25) is 0 Å². The Hall–Kier alpha value is -2.22.